The summed E-state index contributed by atoms with van der Waals surface area (Å²) in [5.74, 6) is 0.556. The first kappa shape index (κ1) is 20.1. The van der Waals surface area contributed by atoms with Gasteiger partial charge in [-0.05, 0) is 69.4 Å². The van der Waals surface area contributed by atoms with Gasteiger partial charge in [0.1, 0.15) is 10.8 Å². The summed E-state index contributed by atoms with van der Waals surface area (Å²) < 4.78 is 2.96. The lowest BCUT2D eigenvalue weighted by Crippen LogP contribution is -2.32. The molecule has 2 aromatic heterocycles. The van der Waals surface area contributed by atoms with E-state index in [0.717, 1.165) is 41.1 Å². The quantitative estimate of drug-likeness (QED) is 0.583. The fourth-order valence-corrected chi connectivity index (χ4v) is 4.53. The van der Waals surface area contributed by atoms with Crippen molar-refractivity contribution in [3.8, 4) is 0 Å². The molecule has 0 bridgehead atoms. The van der Waals surface area contributed by atoms with Crippen LogP contribution in [0.2, 0.25) is 0 Å². The molecule has 1 saturated heterocycles. The third kappa shape index (κ3) is 4.88. The molecule has 0 aliphatic carbocycles. The van der Waals surface area contributed by atoms with Crippen molar-refractivity contribution in [1.29, 1.82) is 0 Å². The summed E-state index contributed by atoms with van der Waals surface area (Å²) in [5.41, 5.74) is 0.552. The Kier molecular flexibility index (Phi) is 6.32. The predicted octanol–water partition coefficient (Wildman–Crippen LogP) is 4.71. The van der Waals surface area contributed by atoms with E-state index >= 15 is 0 Å². The monoisotopic (exact) mass is 471 g/mol. The number of carbonyl (C=O) groups excluding carboxylic acids is 1. The first-order chi connectivity index (χ1) is 14.1. The molecule has 0 saturated carbocycles. The average Bonchev–Trinajstić information content (AvgIpc) is 3.19. The Balaban J connectivity index is 1.51. The Hall–Kier alpha value is -2.16. The summed E-state index contributed by atoms with van der Waals surface area (Å²) in [6, 6.07) is 13.7. The molecule has 1 aromatic carbocycles. The van der Waals surface area contributed by atoms with Gasteiger partial charge in [-0.25, -0.2) is 9.67 Å². The lowest BCUT2D eigenvalue weighted by molar-refractivity contribution is 0.102. The number of amides is 1. The second kappa shape index (κ2) is 9.11. The number of benzene rings is 1. The number of rotatable bonds is 5. The smallest absolute Gasteiger partial charge is 0.259 e. The van der Waals surface area contributed by atoms with Crippen molar-refractivity contribution in [2.24, 2.45) is 0 Å². The number of piperidine rings is 1. The zero-order valence-electron chi connectivity index (χ0n) is 16.1. The molecule has 6 nitrogen and oxygen atoms in total. The van der Waals surface area contributed by atoms with Gasteiger partial charge in [0.05, 0.1) is 17.8 Å². The number of halogens is 1. The Labute approximate surface area is 182 Å². The van der Waals surface area contributed by atoms with Crippen molar-refractivity contribution >= 4 is 39.4 Å². The number of anilines is 1. The second-order valence-corrected chi connectivity index (χ2v) is 9.04. The summed E-state index contributed by atoms with van der Waals surface area (Å²) in [5, 5.41) is 8.18. The van der Waals surface area contributed by atoms with Gasteiger partial charge in [0.15, 0.2) is 0 Å². The Morgan fingerprint density at radius 2 is 1.90 bits per heavy atom. The lowest BCUT2D eigenvalue weighted by atomic mass is 10.1. The molecule has 1 aliphatic rings. The molecule has 0 unspecified atom stereocenters. The third-order valence-electron chi connectivity index (χ3n) is 4.99. The van der Waals surface area contributed by atoms with Crippen LogP contribution in [-0.2, 0) is 0 Å². The number of pyridine rings is 1. The normalized spacial score (nSPS) is 15.4. The van der Waals surface area contributed by atoms with Gasteiger partial charge in [0.2, 0.25) is 0 Å². The maximum Gasteiger partial charge on any atom is 0.259 e. The molecule has 4 rings (SSSR count). The lowest BCUT2D eigenvalue weighted by Gasteiger charge is -2.30. The number of nitrogens with one attached hydrogen (secondary N) is 1. The minimum absolute atomic E-state index is 0.174. The van der Waals surface area contributed by atoms with Gasteiger partial charge in [0, 0.05) is 21.6 Å². The highest BCUT2D eigenvalue weighted by molar-refractivity contribution is 9.10. The minimum atomic E-state index is -0.174. The molecule has 3 aromatic rings. The van der Waals surface area contributed by atoms with E-state index in [9.17, 15) is 4.79 Å². The molecule has 0 radical (unpaired) electrons. The molecule has 0 atom stereocenters. The first-order valence-corrected chi connectivity index (χ1v) is 11.1. The number of hydrogen-bond donors (Lipinski definition) is 1. The van der Waals surface area contributed by atoms with Crippen molar-refractivity contribution < 1.29 is 4.79 Å². The van der Waals surface area contributed by atoms with E-state index in [2.05, 4.69) is 43.3 Å². The van der Waals surface area contributed by atoms with E-state index in [1.165, 1.54) is 11.8 Å². The standard InChI is InChI=1S/C21H22BrN5OS/c1-26-13-9-16(10-14-26)27-19(8-12-24-27)25-20(28)18-3-2-11-23-21(18)29-17-6-4-15(22)5-7-17/h2-8,11-12,16H,9-10,13-14H2,1H3,(H,25,28). The summed E-state index contributed by atoms with van der Waals surface area (Å²) in [6.07, 6.45) is 5.51. The molecular weight excluding hydrogens is 450 g/mol. The highest BCUT2D eigenvalue weighted by atomic mass is 79.9. The summed E-state index contributed by atoms with van der Waals surface area (Å²) >= 11 is 4.92. The van der Waals surface area contributed by atoms with Gasteiger partial charge in [-0.15, -0.1) is 0 Å². The maximum atomic E-state index is 13.0. The van der Waals surface area contributed by atoms with Crippen LogP contribution in [-0.4, -0.2) is 45.7 Å². The minimum Gasteiger partial charge on any atom is -0.307 e. The molecule has 29 heavy (non-hydrogen) atoms. The van der Waals surface area contributed by atoms with E-state index in [1.54, 1.807) is 24.5 Å². The fraction of sp³-hybridized carbons (Fsp3) is 0.286. The zero-order chi connectivity index (χ0) is 20.2. The van der Waals surface area contributed by atoms with Crippen molar-refractivity contribution in [1.82, 2.24) is 19.7 Å². The summed E-state index contributed by atoms with van der Waals surface area (Å²) in [7, 11) is 2.13. The van der Waals surface area contributed by atoms with Gasteiger partial charge in [-0.1, -0.05) is 27.7 Å². The van der Waals surface area contributed by atoms with Crippen molar-refractivity contribution in [2.75, 3.05) is 25.5 Å². The summed E-state index contributed by atoms with van der Waals surface area (Å²) in [6.45, 7) is 2.07. The molecule has 150 valence electrons. The number of hydrogen-bond acceptors (Lipinski definition) is 5. The van der Waals surface area contributed by atoms with Gasteiger partial charge in [0.25, 0.3) is 5.91 Å². The predicted molar refractivity (Wildman–Crippen MR) is 118 cm³/mol. The van der Waals surface area contributed by atoms with Crippen LogP contribution in [0.3, 0.4) is 0 Å². The van der Waals surface area contributed by atoms with Crippen molar-refractivity contribution in [3.63, 3.8) is 0 Å². The molecule has 8 heteroatoms. The van der Waals surface area contributed by atoms with Gasteiger partial charge < -0.3 is 10.2 Å². The topological polar surface area (TPSA) is 63.1 Å². The van der Waals surface area contributed by atoms with Crippen molar-refractivity contribution in [3.05, 3.63) is 64.9 Å². The van der Waals surface area contributed by atoms with Gasteiger partial charge in [-0.3, -0.25) is 4.79 Å². The summed E-state index contributed by atoms with van der Waals surface area (Å²) in [4.78, 5) is 20.8. The number of aromatic nitrogens is 3. The number of likely N-dealkylation sites (tertiary alicyclic amines) is 1. The van der Waals surface area contributed by atoms with E-state index < -0.39 is 0 Å². The zero-order valence-corrected chi connectivity index (χ0v) is 18.5. The second-order valence-electron chi connectivity index (χ2n) is 7.06. The number of nitrogens with zero attached hydrogens (tertiary/aromatic N) is 4. The van der Waals surface area contributed by atoms with Crippen LogP contribution < -0.4 is 5.32 Å². The van der Waals surface area contributed by atoms with Crippen molar-refractivity contribution in [2.45, 2.75) is 28.8 Å². The van der Waals surface area contributed by atoms with Gasteiger partial charge in [-0.2, -0.15) is 5.10 Å². The van der Waals surface area contributed by atoms with Crippen LogP contribution in [0.1, 0.15) is 29.2 Å². The molecule has 1 amide bonds. The van der Waals surface area contributed by atoms with Crippen LogP contribution in [0.4, 0.5) is 5.82 Å². The van der Waals surface area contributed by atoms with Crippen LogP contribution in [0.25, 0.3) is 0 Å². The highest BCUT2D eigenvalue weighted by Crippen LogP contribution is 2.30. The van der Waals surface area contributed by atoms with Crippen LogP contribution in [0, 0.1) is 0 Å². The average molecular weight is 472 g/mol. The SMILES string of the molecule is CN1CCC(n2nccc2NC(=O)c2cccnc2Sc2ccc(Br)cc2)CC1. The Morgan fingerprint density at radius 3 is 2.66 bits per heavy atom. The maximum absolute atomic E-state index is 13.0. The highest BCUT2D eigenvalue weighted by Gasteiger charge is 2.22. The van der Waals surface area contributed by atoms with E-state index in [4.69, 9.17) is 0 Å². The fourth-order valence-electron chi connectivity index (χ4n) is 3.39. The van der Waals surface area contributed by atoms with E-state index in [0.29, 0.717) is 16.6 Å². The molecular formula is C21H22BrN5OS. The van der Waals surface area contributed by atoms with Crippen LogP contribution in [0.5, 0.6) is 0 Å². The number of carbonyl (C=O) groups is 1. The van der Waals surface area contributed by atoms with Crippen LogP contribution >= 0.6 is 27.7 Å². The Morgan fingerprint density at radius 1 is 1.14 bits per heavy atom. The molecule has 1 fully saturated rings. The molecule has 1 aliphatic heterocycles. The van der Waals surface area contributed by atoms with E-state index in [-0.39, 0.29) is 5.91 Å². The molecule has 1 N–H and O–H groups in total. The van der Waals surface area contributed by atoms with Crippen LogP contribution in [0.15, 0.2) is 69.3 Å². The van der Waals surface area contributed by atoms with Gasteiger partial charge >= 0.3 is 0 Å². The first-order valence-electron chi connectivity index (χ1n) is 9.52. The van der Waals surface area contributed by atoms with E-state index in [1.807, 2.05) is 35.0 Å². The molecule has 0 spiro atoms. The third-order valence-corrected chi connectivity index (χ3v) is 6.55. The Bertz CT molecular complexity index is 983. The molecule has 3 heterocycles. The largest absolute Gasteiger partial charge is 0.307 e.